The van der Waals surface area contributed by atoms with Crippen LogP contribution in [-0.2, 0) is 21.3 Å². The van der Waals surface area contributed by atoms with Crippen molar-refractivity contribution in [3.05, 3.63) is 29.6 Å². The molecule has 0 aliphatic carbocycles. The van der Waals surface area contributed by atoms with Gasteiger partial charge in [-0.1, -0.05) is 6.07 Å². The van der Waals surface area contributed by atoms with Gasteiger partial charge in [-0.25, -0.2) is 8.78 Å². The van der Waals surface area contributed by atoms with E-state index >= 15 is 0 Å². The Morgan fingerprint density at radius 1 is 1.38 bits per heavy atom. The molecule has 26 heavy (non-hydrogen) atoms. The van der Waals surface area contributed by atoms with Gasteiger partial charge in [0.05, 0.1) is 12.6 Å². The average molecular weight is 402 g/mol. The van der Waals surface area contributed by atoms with Gasteiger partial charge in [0.1, 0.15) is 17.7 Å². The maximum absolute atomic E-state index is 14.0. The van der Waals surface area contributed by atoms with Crippen molar-refractivity contribution in [3.63, 3.8) is 0 Å². The predicted molar refractivity (Wildman–Crippen MR) is 79.8 cm³/mol. The van der Waals surface area contributed by atoms with Gasteiger partial charge in [0.2, 0.25) is 5.91 Å². The summed E-state index contributed by atoms with van der Waals surface area (Å²) in [6.45, 7) is 0.0926. The van der Waals surface area contributed by atoms with Crippen molar-refractivity contribution < 1.29 is 39.3 Å². The number of carbonyl (C=O) groups is 1. The number of alkyl halides is 4. The van der Waals surface area contributed by atoms with Crippen molar-refractivity contribution in [1.82, 2.24) is 4.90 Å². The lowest BCUT2D eigenvalue weighted by Crippen LogP contribution is -2.44. The van der Waals surface area contributed by atoms with E-state index in [2.05, 4.69) is 4.18 Å². The van der Waals surface area contributed by atoms with E-state index in [1.54, 1.807) is 0 Å². The van der Waals surface area contributed by atoms with Crippen LogP contribution in [-0.4, -0.2) is 50.0 Å². The Bertz CT molecular complexity index is 784. The molecule has 0 unspecified atom stereocenters. The van der Waals surface area contributed by atoms with Crippen LogP contribution in [0, 0.1) is 5.82 Å². The highest BCUT2D eigenvalue weighted by atomic mass is 32.2. The Kier molecular flexibility index (Phi) is 5.76. The predicted octanol–water partition coefficient (Wildman–Crippen LogP) is 1.49. The summed E-state index contributed by atoms with van der Waals surface area (Å²) in [5.74, 6) is -2.54. The van der Waals surface area contributed by atoms with Crippen LogP contribution in [0.1, 0.15) is 12.0 Å². The van der Waals surface area contributed by atoms with E-state index in [4.69, 9.17) is 5.73 Å². The maximum atomic E-state index is 14.0. The first kappa shape index (κ1) is 20.4. The van der Waals surface area contributed by atoms with E-state index in [0.717, 1.165) is 12.1 Å². The molecule has 2 N–H and O–H groups in total. The second-order valence-electron chi connectivity index (χ2n) is 5.72. The molecule has 0 radical (unpaired) electrons. The lowest BCUT2D eigenvalue weighted by Gasteiger charge is -2.20. The van der Waals surface area contributed by atoms with Crippen LogP contribution >= 0.6 is 0 Å². The number of carbonyl (C=O) groups excluding carboxylic acids is 1. The topological polar surface area (TPSA) is 89.7 Å². The average Bonchev–Trinajstić information content (AvgIpc) is 2.94. The maximum Gasteiger partial charge on any atom is 0.534 e. The molecular formula is C14H15F5N2O4S. The summed E-state index contributed by atoms with van der Waals surface area (Å²) >= 11 is 0. The molecule has 1 amide bonds. The molecule has 12 heteroatoms. The minimum Gasteiger partial charge on any atom is -0.376 e. The van der Waals surface area contributed by atoms with Crippen LogP contribution in [0.2, 0.25) is 0 Å². The summed E-state index contributed by atoms with van der Waals surface area (Å²) < 4.78 is 89.4. The highest BCUT2D eigenvalue weighted by Gasteiger charge is 2.48. The molecule has 0 bridgehead atoms. The van der Waals surface area contributed by atoms with Crippen molar-refractivity contribution in [1.29, 1.82) is 0 Å². The molecule has 1 heterocycles. The first-order chi connectivity index (χ1) is 11.9. The SMILES string of the molecule is N[C@@H](Cc1ccc(OS(=O)(=O)C(F)(F)F)cc1F)C(=O)N1CC[C@H](F)C1. The molecule has 1 saturated heterocycles. The fourth-order valence-electron chi connectivity index (χ4n) is 2.40. The van der Waals surface area contributed by atoms with E-state index in [1.165, 1.54) is 4.90 Å². The molecule has 6 nitrogen and oxygen atoms in total. The third kappa shape index (κ3) is 4.61. The molecule has 146 valence electrons. The van der Waals surface area contributed by atoms with E-state index < -0.39 is 45.3 Å². The fraction of sp³-hybridized carbons (Fsp3) is 0.500. The molecule has 1 aromatic carbocycles. The number of nitrogens with two attached hydrogens (primary N) is 1. The van der Waals surface area contributed by atoms with Crippen molar-refractivity contribution in [3.8, 4) is 5.75 Å². The van der Waals surface area contributed by atoms with Crippen molar-refractivity contribution >= 4 is 16.0 Å². The summed E-state index contributed by atoms with van der Waals surface area (Å²) in [6, 6.07) is 1.04. The normalized spacial score (nSPS) is 19.5. The van der Waals surface area contributed by atoms with Gasteiger partial charge in [0.15, 0.2) is 0 Å². The first-order valence-electron chi connectivity index (χ1n) is 7.38. The fourth-order valence-corrected chi connectivity index (χ4v) is 2.85. The Hall–Kier alpha value is -1.95. The molecule has 0 saturated carbocycles. The van der Waals surface area contributed by atoms with Gasteiger partial charge < -0.3 is 14.8 Å². The highest BCUT2D eigenvalue weighted by Crippen LogP contribution is 2.28. The van der Waals surface area contributed by atoms with Crippen LogP contribution in [0.15, 0.2) is 18.2 Å². The van der Waals surface area contributed by atoms with Gasteiger partial charge in [-0.2, -0.15) is 21.6 Å². The van der Waals surface area contributed by atoms with Gasteiger partial charge in [0.25, 0.3) is 0 Å². The summed E-state index contributed by atoms with van der Waals surface area (Å²) in [6.07, 6.45) is -1.26. The van der Waals surface area contributed by atoms with E-state index in [1.807, 2.05) is 0 Å². The first-order valence-corrected chi connectivity index (χ1v) is 8.79. The van der Waals surface area contributed by atoms with Crippen LogP contribution in [0.4, 0.5) is 22.0 Å². The van der Waals surface area contributed by atoms with Gasteiger partial charge in [-0.15, -0.1) is 0 Å². The van der Waals surface area contributed by atoms with Crippen LogP contribution in [0.5, 0.6) is 5.75 Å². The van der Waals surface area contributed by atoms with Crippen LogP contribution in [0.25, 0.3) is 0 Å². The number of amides is 1. The van der Waals surface area contributed by atoms with Crippen molar-refractivity contribution in [2.75, 3.05) is 13.1 Å². The van der Waals surface area contributed by atoms with Gasteiger partial charge in [-0.3, -0.25) is 4.79 Å². The lowest BCUT2D eigenvalue weighted by molar-refractivity contribution is -0.131. The summed E-state index contributed by atoms with van der Waals surface area (Å²) in [5.41, 5.74) is -0.0941. The quantitative estimate of drug-likeness (QED) is 0.458. The Labute approximate surface area is 145 Å². The van der Waals surface area contributed by atoms with Gasteiger partial charge in [-0.05, 0) is 24.5 Å². The molecule has 1 fully saturated rings. The number of likely N-dealkylation sites (tertiary alicyclic amines) is 1. The third-order valence-electron chi connectivity index (χ3n) is 3.71. The van der Waals surface area contributed by atoms with Crippen molar-refractivity contribution in [2.45, 2.75) is 30.6 Å². The van der Waals surface area contributed by atoms with Gasteiger partial charge in [0, 0.05) is 12.6 Å². The van der Waals surface area contributed by atoms with E-state index in [9.17, 15) is 35.2 Å². The standard InChI is InChI=1S/C14H15F5N2O4S/c15-9-3-4-21(7-9)13(22)12(20)5-8-1-2-10(6-11(8)16)25-26(23,24)14(17,18)19/h1-2,6,9,12H,3-5,7,20H2/t9-,12-/m0/s1. The molecule has 1 aromatic rings. The van der Waals surface area contributed by atoms with E-state index in [-0.39, 0.29) is 31.5 Å². The molecular weight excluding hydrogens is 387 g/mol. The number of hydrogen-bond acceptors (Lipinski definition) is 5. The van der Waals surface area contributed by atoms with Crippen LogP contribution in [0.3, 0.4) is 0 Å². The molecule has 2 rings (SSSR count). The summed E-state index contributed by atoms with van der Waals surface area (Å²) in [5, 5.41) is 0. The number of nitrogens with zero attached hydrogens (tertiary/aromatic N) is 1. The van der Waals surface area contributed by atoms with Crippen LogP contribution < -0.4 is 9.92 Å². The second-order valence-corrected chi connectivity index (χ2v) is 7.26. The molecule has 2 atom stereocenters. The summed E-state index contributed by atoms with van der Waals surface area (Å²) in [4.78, 5) is 13.3. The zero-order valence-electron chi connectivity index (χ0n) is 13.2. The molecule has 1 aliphatic rings. The minimum absolute atomic E-state index is 0.100. The zero-order chi connectivity index (χ0) is 19.7. The number of benzene rings is 1. The molecule has 0 spiro atoms. The molecule has 1 aliphatic heterocycles. The number of rotatable bonds is 5. The monoisotopic (exact) mass is 402 g/mol. The Balaban J connectivity index is 2.06. The third-order valence-corrected chi connectivity index (χ3v) is 4.69. The summed E-state index contributed by atoms with van der Waals surface area (Å²) in [7, 11) is -5.92. The number of hydrogen-bond donors (Lipinski definition) is 1. The number of halogens is 5. The van der Waals surface area contributed by atoms with Crippen molar-refractivity contribution in [2.24, 2.45) is 5.73 Å². The Morgan fingerprint density at radius 3 is 2.54 bits per heavy atom. The largest absolute Gasteiger partial charge is 0.534 e. The van der Waals surface area contributed by atoms with Gasteiger partial charge >= 0.3 is 15.6 Å². The smallest absolute Gasteiger partial charge is 0.376 e. The highest BCUT2D eigenvalue weighted by molar-refractivity contribution is 7.88. The lowest BCUT2D eigenvalue weighted by atomic mass is 10.0. The van der Waals surface area contributed by atoms with E-state index in [0.29, 0.717) is 6.07 Å². The zero-order valence-corrected chi connectivity index (χ0v) is 14.0. The second kappa shape index (κ2) is 7.35. The minimum atomic E-state index is -5.92. The Morgan fingerprint density at radius 2 is 2.04 bits per heavy atom. The molecule has 0 aromatic heterocycles.